The SMILES string of the molecule is CCOc1cc2cc(C=O)c(=O)[nH]c2cc1OC. The van der Waals surface area contributed by atoms with Crippen LogP contribution in [-0.4, -0.2) is 25.0 Å². The van der Waals surface area contributed by atoms with Crippen LogP contribution in [0.15, 0.2) is 23.0 Å². The summed E-state index contributed by atoms with van der Waals surface area (Å²) in [5.41, 5.74) is 0.282. The van der Waals surface area contributed by atoms with Gasteiger partial charge in [0.05, 0.1) is 24.8 Å². The molecular formula is C13H13NO4. The molecule has 0 atom stereocenters. The van der Waals surface area contributed by atoms with E-state index in [4.69, 9.17) is 9.47 Å². The van der Waals surface area contributed by atoms with Crippen molar-refractivity contribution < 1.29 is 14.3 Å². The fraction of sp³-hybridized carbons (Fsp3) is 0.231. The zero-order chi connectivity index (χ0) is 13.1. The van der Waals surface area contributed by atoms with E-state index in [1.165, 1.54) is 13.2 Å². The van der Waals surface area contributed by atoms with E-state index in [2.05, 4.69) is 4.98 Å². The monoisotopic (exact) mass is 247 g/mol. The van der Waals surface area contributed by atoms with Gasteiger partial charge in [0.15, 0.2) is 17.8 Å². The Morgan fingerprint density at radius 2 is 2.06 bits per heavy atom. The first kappa shape index (κ1) is 12.2. The maximum Gasteiger partial charge on any atom is 0.259 e. The van der Waals surface area contributed by atoms with Crippen LogP contribution < -0.4 is 15.0 Å². The number of rotatable bonds is 4. The summed E-state index contributed by atoms with van der Waals surface area (Å²) in [6.45, 7) is 2.37. The third-order valence-electron chi connectivity index (χ3n) is 2.58. The molecule has 0 saturated carbocycles. The number of hydrogen-bond donors (Lipinski definition) is 1. The number of H-pyrrole nitrogens is 1. The Morgan fingerprint density at radius 3 is 2.67 bits per heavy atom. The summed E-state index contributed by atoms with van der Waals surface area (Å²) in [5, 5.41) is 0.723. The molecule has 1 N–H and O–H groups in total. The molecule has 0 aliphatic carbocycles. The van der Waals surface area contributed by atoms with E-state index >= 15 is 0 Å². The molecule has 0 fully saturated rings. The molecule has 94 valence electrons. The quantitative estimate of drug-likeness (QED) is 0.836. The number of benzene rings is 1. The fourth-order valence-corrected chi connectivity index (χ4v) is 1.75. The Kier molecular flexibility index (Phi) is 3.32. The van der Waals surface area contributed by atoms with Crippen LogP contribution in [-0.2, 0) is 0 Å². The predicted octanol–water partition coefficient (Wildman–Crippen LogP) is 1.75. The van der Waals surface area contributed by atoms with Crippen molar-refractivity contribution in [3.05, 3.63) is 34.1 Å². The van der Waals surface area contributed by atoms with Crippen molar-refractivity contribution in [2.45, 2.75) is 6.92 Å². The predicted molar refractivity (Wildman–Crippen MR) is 67.7 cm³/mol. The number of aldehydes is 1. The van der Waals surface area contributed by atoms with Crippen LogP contribution in [0.1, 0.15) is 17.3 Å². The number of carbonyl (C=O) groups excluding carboxylic acids is 1. The molecule has 2 rings (SSSR count). The second-order valence-corrected chi connectivity index (χ2v) is 3.69. The first-order valence-electron chi connectivity index (χ1n) is 5.52. The van der Waals surface area contributed by atoms with E-state index in [0.29, 0.717) is 29.9 Å². The fourth-order valence-electron chi connectivity index (χ4n) is 1.75. The molecule has 2 aromatic rings. The summed E-state index contributed by atoms with van der Waals surface area (Å²) >= 11 is 0. The van der Waals surface area contributed by atoms with Crippen LogP contribution in [0.2, 0.25) is 0 Å². The van der Waals surface area contributed by atoms with Crippen molar-refractivity contribution in [3.63, 3.8) is 0 Å². The summed E-state index contributed by atoms with van der Waals surface area (Å²) in [6.07, 6.45) is 0.531. The topological polar surface area (TPSA) is 68.4 Å². The highest BCUT2D eigenvalue weighted by Crippen LogP contribution is 2.31. The van der Waals surface area contributed by atoms with Gasteiger partial charge in [-0.2, -0.15) is 0 Å². The summed E-state index contributed by atoms with van der Waals surface area (Å²) in [6, 6.07) is 4.94. The molecule has 0 aliphatic rings. The van der Waals surface area contributed by atoms with Gasteiger partial charge in [-0.1, -0.05) is 0 Å². The Hall–Kier alpha value is -2.30. The van der Waals surface area contributed by atoms with Gasteiger partial charge in [-0.15, -0.1) is 0 Å². The molecule has 1 aromatic heterocycles. The largest absolute Gasteiger partial charge is 0.493 e. The van der Waals surface area contributed by atoms with Gasteiger partial charge in [0.2, 0.25) is 0 Å². The summed E-state index contributed by atoms with van der Waals surface area (Å²) < 4.78 is 10.6. The average Bonchev–Trinajstić information content (AvgIpc) is 2.38. The maximum absolute atomic E-state index is 11.5. The van der Waals surface area contributed by atoms with E-state index in [-0.39, 0.29) is 5.56 Å². The minimum Gasteiger partial charge on any atom is -0.493 e. The number of aromatic nitrogens is 1. The first-order chi connectivity index (χ1) is 8.69. The number of fused-ring (bicyclic) bond motifs is 1. The number of aromatic amines is 1. The maximum atomic E-state index is 11.5. The van der Waals surface area contributed by atoms with E-state index in [1.54, 1.807) is 12.1 Å². The third-order valence-corrected chi connectivity index (χ3v) is 2.58. The molecule has 1 heterocycles. The van der Waals surface area contributed by atoms with Gasteiger partial charge in [-0.25, -0.2) is 0 Å². The second kappa shape index (κ2) is 4.91. The molecule has 5 heteroatoms. The number of methoxy groups -OCH3 is 1. The molecule has 0 bridgehead atoms. The highest BCUT2D eigenvalue weighted by molar-refractivity contribution is 5.87. The van der Waals surface area contributed by atoms with Gasteiger partial charge in [0.1, 0.15) is 0 Å². The number of pyridine rings is 1. The molecule has 1 aromatic carbocycles. The van der Waals surface area contributed by atoms with E-state index in [9.17, 15) is 9.59 Å². The Labute approximate surface area is 103 Å². The van der Waals surface area contributed by atoms with Crippen molar-refractivity contribution in [1.82, 2.24) is 4.98 Å². The standard InChI is InChI=1S/C13H13NO4/c1-3-18-12-5-8-4-9(7-15)13(16)14-10(8)6-11(12)17-2/h4-7H,3H2,1-2H3,(H,14,16). The Bertz CT molecular complexity index is 645. The van der Waals surface area contributed by atoms with Crippen molar-refractivity contribution in [1.29, 1.82) is 0 Å². The van der Waals surface area contributed by atoms with E-state index < -0.39 is 5.56 Å². The number of hydrogen-bond acceptors (Lipinski definition) is 4. The second-order valence-electron chi connectivity index (χ2n) is 3.69. The molecular weight excluding hydrogens is 234 g/mol. The molecule has 0 radical (unpaired) electrons. The average molecular weight is 247 g/mol. The van der Waals surface area contributed by atoms with E-state index in [1.807, 2.05) is 6.92 Å². The van der Waals surface area contributed by atoms with Crippen molar-refractivity contribution in [3.8, 4) is 11.5 Å². The van der Waals surface area contributed by atoms with Gasteiger partial charge in [0, 0.05) is 11.5 Å². The van der Waals surface area contributed by atoms with Crippen LogP contribution >= 0.6 is 0 Å². The molecule has 0 saturated heterocycles. The summed E-state index contributed by atoms with van der Waals surface area (Å²) in [7, 11) is 1.53. The van der Waals surface area contributed by atoms with Crippen LogP contribution in [0.5, 0.6) is 11.5 Å². The minimum absolute atomic E-state index is 0.0927. The lowest BCUT2D eigenvalue weighted by Crippen LogP contribution is -2.11. The smallest absolute Gasteiger partial charge is 0.259 e. The van der Waals surface area contributed by atoms with Crippen molar-refractivity contribution >= 4 is 17.2 Å². The molecule has 0 amide bonds. The zero-order valence-electron chi connectivity index (χ0n) is 10.1. The lowest BCUT2D eigenvalue weighted by atomic mass is 10.1. The zero-order valence-corrected chi connectivity index (χ0v) is 10.1. The summed E-state index contributed by atoms with van der Waals surface area (Å²) in [4.78, 5) is 24.9. The van der Waals surface area contributed by atoms with Crippen LogP contribution in [0.4, 0.5) is 0 Å². The first-order valence-corrected chi connectivity index (χ1v) is 5.52. The summed E-state index contributed by atoms with van der Waals surface area (Å²) in [5.74, 6) is 1.12. The van der Waals surface area contributed by atoms with Gasteiger partial charge >= 0.3 is 0 Å². The highest BCUT2D eigenvalue weighted by Gasteiger charge is 2.09. The lowest BCUT2D eigenvalue weighted by molar-refractivity contribution is 0.112. The minimum atomic E-state index is -0.413. The highest BCUT2D eigenvalue weighted by atomic mass is 16.5. The van der Waals surface area contributed by atoms with Crippen LogP contribution in [0.25, 0.3) is 10.9 Å². The van der Waals surface area contributed by atoms with Crippen molar-refractivity contribution in [2.75, 3.05) is 13.7 Å². The van der Waals surface area contributed by atoms with E-state index in [0.717, 1.165) is 5.39 Å². The molecule has 5 nitrogen and oxygen atoms in total. The van der Waals surface area contributed by atoms with Crippen LogP contribution in [0.3, 0.4) is 0 Å². The third kappa shape index (κ3) is 2.07. The number of nitrogens with one attached hydrogen (secondary N) is 1. The van der Waals surface area contributed by atoms with Gasteiger partial charge in [-0.05, 0) is 19.1 Å². The lowest BCUT2D eigenvalue weighted by Gasteiger charge is -2.10. The van der Waals surface area contributed by atoms with Gasteiger partial charge in [-0.3, -0.25) is 9.59 Å². The molecule has 0 unspecified atom stereocenters. The van der Waals surface area contributed by atoms with Crippen LogP contribution in [0, 0.1) is 0 Å². The molecule has 0 spiro atoms. The van der Waals surface area contributed by atoms with Gasteiger partial charge in [0.25, 0.3) is 5.56 Å². The number of ether oxygens (including phenoxy) is 2. The Morgan fingerprint density at radius 1 is 1.28 bits per heavy atom. The molecule has 0 aliphatic heterocycles. The molecule has 18 heavy (non-hydrogen) atoms. The van der Waals surface area contributed by atoms with Gasteiger partial charge < -0.3 is 14.5 Å². The normalized spacial score (nSPS) is 10.3. The van der Waals surface area contributed by atoms with Crippen molar-refractivity contribution in [2.24, 2.45) is 0 Å². The Balaban J connectivity index is 2.71. The number of carbonyl (C=O) groups is 1.